The molecule has 1 N–H and O–H groups in total. The average Bonchev–Trinajstić information content (AvgIpc) is 3.07. The SMILES string of the molecule is COCC1(CNC(=O)CN2CC[C@H](N(C)C)C2)CCCC1. The third kappa shape index (κ3) is 4.66. The Labute approximate surface area is 129 Å². The van der Waals surface area contributed by atoms with Gasteiger partial charge in [-0.05, 0) is 33.4 Å². The van der Waals surface area contributed by atoms with Crippen LogP contribution in [-0.4, -0.2) is 75.7 Å². The summed E-state index contributed by atoms with van der Waals surface area (Å²) in [6, 6.07) is 0.590. The van der Waals surface area contributed by atoms with E-state index in [1.807, 2.05) is 0 Å². The summed E-state index contributed by atoms with van der Waals surface area (Å²) in [4.78, 5) is 16.7. The van der Waals surface area contributed by atoms with Gasteiger partial charge >= 0.3 is 0 Å². The van der Waals surface area contributed by atoms with Gasteiger partial charge in [0, 0.05) is 38.2 Å². The molecule has 0 unspecified atom stereocenters. The highest BCUT2D eigenvalue weighted by molar-refractivity contribution is 5.78. The summed E-state index contributed by atoms with van der Waals surface area (Å²) >= 11 is 0. The summed E-state index contributed by atoms with van der Waals surface area (Å²) in [5.41, 5.74) is 0.182. The molecule has 0 spiro atoms. The van der Waals surface area contributed by atoms with Crippen LogP contribution in [0.3, 0.4) is 0 Å². The monoisotopic (exact) mass is 297 g/mol. The molecule has 1 atom stereocenters. The molecule has 2 rings (SSSR count). The minimum atomic E-state index is 0.164. The Morgan fingerprint density at radius 2 is 2.10 bits per heavy atom. The van der Waals surface area contributed by atoms with Gasteiger partial charge in [-0.25, -0.2) is 0 Å². The van der Waals surface area contributed by atoms with Crippen molar-refractivity contribution in [2.75, 3.05) is 54.0 Å². The van der Waals surface area contributed by atoms with Gasteiger partial charge in [0.1, 0.15) is 0 Å². The summed E-state index contributed by atoms with van der Waals surface area (Å²) in [7, 11) is 5.99. The van der Waals surface area contributed by atoms with E-state index in [0.29, 0.717) is 12.6 Å². The zero-order valence-corrected chi connectivity index (χ0v) is 13.9. The van der Waals surface area contributed by atoms with Crippen LogP contribution in [0, 0.1) is 5.41 Å². The van der Waals surface area contributed by atoms with Crippen molar-refractivity contribution in [3.63, 3.8) is 0 Å². The Kier molecular flexibility index (Phi) is 6.02. The highest BCUT2D eigenvalue weighted by atomic mass is 16.5. The Balaban J connectivity index is 1.72. The topological polar surface area (TPSA) is 44.8 Å². The number of hydrogen-bond acceptors (Lipinski definition) is 4. The molecule has 0 aromatic rings. The third-order valence-electron chi connectivity index (χ3n) is 5.12. The van der Waals surface area contributed by atoms with E-state index in [9.17, 15) is 4.79 Å². The molecule has 1 saturated carbocycles. The summed E-state index contributed by atoms with van der Waals surface area (Å²) in [6.45, 7) is 4.10. The standard InChI is InChI=1S/C16H31N3O2/c1-18(2)14-6-9-19(10-14)11-15(20)17-12-16(13-21-3)7-4-5-8-16/h14H,4-13H2,1-3H3,(H,17,20)/t14-/m0/s1. The van der Waals surface area contributed by atoms with E-state index in [0.717, 1.165) is 32.7 Å². The lowest BCUT2D eigenvalue weighted by Gasteiger charge is -2.28. The van der Waals surface area contributed by atoms with Crippen molar-refractivity contribution in [3.05, 3.63) is 0 Å². The minimum absolute atomic E-state index is 0.164. The maximum atomic E-state index is 12.2. The number of carbonyl (C=O) groups excluding carboxylic acids is 1. The largest absolute Gasteiger partial charge is 0.384 e. The van der Waals surface area contributed by atoms with Crippen molar-refractivity contribution >= 4 is 5.91 Å². The molecular weight excluding hydrogens is 266 g/mol. The molecule has 1 amide bonds. The van der Waals surface area contributed by atoms with E-state index in [-0.39, 0.29) is 11.3 Å². The number of hydrogen-bond donors (Lipinski definition) is 1. The second kappa shape index (κ2) is 7.56. The molecule has 2 fully saturated rings. The molecule has 0 radical (unpaired) electrons. The summed E-state index contributed by atoms with van der Waals surface area (Å²) in [6.07, 6.45) is 6.03. The number of ether oxygens (including phenoxy) is 1. The first-order chi connectivity index (χ1) is 10.0. The van der Waals surface area contributed by atoms with Gasteiger partial charge in [0.05, 0.1) is 13.2 Å². The minimum Gasteiger partial charge on any atom is -0.384 e. The number of nitrogens with one attached hydrogen (secondary N) is 1. The molecule has 1 heterocycles. The van der Waals surface area contributed by atoms with Gasteiger partial charge in [-0.1, -0.05) is 12.8 Å². The van der Waals surface area contributed by atoms with Crippen molar-refractivity contribution in [1.82, 2.24) is 15.1 Å². The maximum absolute atomic E-state index is 12.2. The first-order valence-electron chi connectivity index (χ1n) is 8.19. The molecule has 5 heteroatoms. The highest BCUT2D eigenvalue weighted by Crippen LogP contribution is 2.37. The third-order valence-corrected chi connectivity index (χ3v) is 5.12. The summed E-state index contributed by atoms with van der Waals surface area (Å²) in [5, 5.41) is 3.15. The van der Waals surface area contributed by atoms with Crippen LogP contribution >= 0.6 is 0 Å². The van der Waals surface area contributed by atoms with E-state index in [4.69, 9.17) is 4.74 Å². The lowest BCUT2D eigenvalue weighted by molar-refractivity contribution is -0.122. The Morgan fingerprint density at radius 3 is 2.67 bits per heavy atom. The summed E-state index contributed by atoms with van der Waals surface area (Å²) < 4.78 is 5.37. The maximum Gasteiger partial charge on any atom is 0.234 e. The highest BCUT2D eigenvalue weighted by Gasteiger charge is 2.34. The molecule has 122 valence electrons. The van der Waals surface area contributed by atoms with Crippen LogP contribution in [0.2, 0.25) is 0 Å². The van der Waals surface area contributed by atoms with Gasteiger partial charge in [0.2, 0.25) is 5.91 Å². The number of nitrogens with zero attached hydrogens (tertiary/aromatic N) is 2. The zero-order valence-electron chi connectivity index (χ0n) is 13.9. The van der Waals surface area contributed by atoms with Gasteiger partial charge < -0.3 is 15.0 Å². The fourth-order valence-corrected chi connectivity index (χ4v) is 3.73. The van der Waals surface area contributed by atoms with Crippen LogP contribution in [0.15, 0.2) is 0 Å². The Hall–Kier alpha value is -0.650. The molecular formula is C16H31N3O2. The smallest absolute Gasteiger partial charge is 0.234 e. The van der Waals surface area contributed by atoms with Crippen LogP contribution in [0.4, 0.5) is 0 Å². The van der Waals surface area contributed by atoms with Crippen molar-refractivity contribution in [3.8, 4) is 0 Å². The van der Waals surface area contributed by atoms with Crippen molar-refractivity contribution in [2.45, 2.75) is 38.1 Å². The Bertz CT molecular complexity index is 340. The number of likely N-dealkylation sites (tertiary alicyclic amines) is 1. The van der Waals surface area contributed by atoms with Crippen molar-refractivity contribution < 1.29 is 9.53 Å². The zero-order chi connectivity index (χ0) is 15.3. The molecule has 1 saturated heterocycles. The van der Waals surface area contributed by atoms with E-state index >= 15 is 0 Å². The normalized spacial score (nSPS) is 25.6. The van der Waals surface area contributed by atoms with Crippen LogP contribution in [0.5, 0.6) is 0 Å². The van der Waals surface area contributed by atoms with Crippen LogP contribution in [0.25, 0.3) is 0 Å². The second-order valence-electron chi connectivity index (χ2n) is 7.06. The molecule has 2 aliphatic rings. The number of rotatable bonds is 7. The van der Waals surface area contributed by atoms with Gasteiger partial charge in [-0.3, -0.25) is 9.69 Å². The molecule has 1 aliphatic heterocycles. The van der Waals surface area contributed by atoms with Crippen LogP contribution < -0.4 is 5.32 Å². The van der Waals surface area contributed by atoms with E-state index in [2.05, 4.69) is 29.2 Å². The number of likely N-dealkylation sites (N-methyl/N-ethyl adjacent to an activating group) is 1. The average molecular weight is 297 g/mol. The number of amides is 1. The van der Waals surface area contributed by atoms with Crippen LogP contribution in [0.1, 0.15) is 32.1 Å². The predicted molar refractivity (Wildman–Crippen MR) is 84.3 cm³/mol. The lowest BCUT2D eigenvalue weighted by atomic mass is 9.87. The predicted octanol–water partition coefficient (Wildman–Crippen LogP) is 0.945. The molecule has 1 aliphatic carbocycles. The first-order valence-corrected chi connectivity index (χ1v) is 8.19. The fourth-order valence-electron chi connectivity index (χ4n) is 3.73. The molecule has 5 nitrogen and oxygen atoms in total. The summed E-state index contributed by atoms with van der Waals surface area (Å²) in [5.74, 6) is 0.164. The van der Waals surface area contributed by atoms with Gasteiger partial charge in [-0.15, -0.1) is 0 Å². The molecule has 0 aromatic carbocycles. The van der Waals surface area contributed by atoms with Crippen molar-refractivity contribution in [2.24, 2.45) is 5.41 Å². The molecule has 0 bridgehead atoms. The Morgan fingerprint density at radius 1 is 1.38 bits per heavy atom. The first kappa shape index (κ1) is 16.7. The van der Waals surface area contributed by atoms with E-state index < -0.39 is 0 Å². The van der Waals surface area contributed by atoms with Gasteiger partial charge in [-0.2, -0.15) is 0 Å². The molecule has 21 heavy (non-hydrogen) atoms. The second-order valence-corrected chi connectivity index (χ2v) is 7.06. The van der Waals surface area contributed by atoms with Crippen molar-refractivity contribution in [1.29, 1.82) is 0 Å². The molecule has 0 aromatic heterocycles. The van der Waals surface area contributed by atoms with Gasteiger partial charge in [0.25, 0.3) is 0 Å². The lowest BCUT2D eigenvalue weighted by Crippen LogP contribution is -2.43. The quantitative estimate of drug-likeness (QED) is 0.760. The van der Waals surface area contributed by atoms with Gasteiger partial charge in [0.15, 0.2) is 0 Å². The van der Waals surface area contributed by atoms with E-state index in [1.165, 1.54) is 25.7 Å². The van der Waals surface area contributed by atoms with Crippen LogP contribution in [-0.2, 0) is 9.53 Å². The fraction of sp³-hybridized carbons (Fsp3) is 0.938. The van der Waals surface area contributed by atoms with E-state index in [1.54, 1.807) is 7.11 Å². The number of carbonyl (C=O) groups is 1. The number of methoxy groups -OCH3 is 1.